The number of allylic oxidation sites excluding steroid dienone is 1. The van der Waals surface area contributed by atoms with E-state index in [0.29, 0.717) is 19.1 Å². The van der Waals surface area contributed by atoms with Gasteiger partial charge in [-0.3, -0.25) is 0 Å². The molecule has 0 aromatic rings. The predicted octanol–water partition coefficient (Wildman–Crippen LogP) is 3.52. The molecule has 0 aromatic heterocycles. The third-order valence-corrected chi connectivity index (χ3v) is 2.24. The van der Waals surface area contributed by atoms with Crippen LogP contribution in [0, 0.1) is 5.92 Å². The van der Waals surface area contributed by atoms with Gasteiger partial charge in [0.05, 0.1) is 13.2 Å². The van der Waals surface area contributed by atoms with Gasteiger partial charge in [-0.1, -0.05) is 26.0 Å². The van der Waals surface area contributed by atoms with Crippen molar-refractivity contribution >= 4 is 6.09 Å². The summed E-state index contributed by atoms with van der Waals surface area (Å²) in [7, 11) is 0. The first-order valence-electron chi connectivity index (χ1n) is 7.18. The third kappa shape index (κ3) is 14.9. The number of ether oxygens (including phenoxy) is 2. The van der Waals surface area contributed by atoms with Crippen molar-refractivity contribution in [2.75, 3.05) is 19.8 Å². The van der Waals surface area contributed by atoms with Crippen molar-refractivity contribution in [3.05, 3.63) is 12.2 Å². The number of alkyl carbamates (subject to hydrolysis) is 1. The highest BCUT2D eigenvalue weighted by atomic mass is 16.5. The molecular formula is C15H29NO3. The van der Waals surface area contributed by atoms with E-state index in [4.69, 9.17) is 9.47 Å². The molecule has 112 valence electrons. The van der Waals surface area contributed by atoms with Crippen molar-refractivity contribution in [3.8, 4) is 0 Å². The van der Waals surface area contributed by atoms with E-state index in [1.54, 1.807) is 0 Å². The molecule has 0 heterocycles. The van der Waals surface area contributed by atoms with Crippen molar-refractivity contribution in [1.29, 1.82) is 0 Å². The fourth-order valence-corrected chi connectivity index (χ4v) is 1.36. The summed E-state index contributed by atoms with van der Waals surface area (Å²) in [4.78, 5) is 11.2. The summed E-state index contributed by atoms with van der Waals surface area (Å²) in [6, 6.07) is 0.126. The van der Waals surface area contributed by atoms with E-state index in [9.17, 15) is 4.79 Å². The van der Waals surface area contributed by atoms with Gasteiger partial charge >= 0.3 is 6.09 Å². The lowest BCUT2D eigenvalue weighted by Gasteiger charge is -2.08. The molecule has 0 aromatic carbocycles. The van der Waals surface area contributed by atoms with Crippen LogP contribution in [0.1, 0.15) is 47.0 Å². The van der Waals surface area contributed by atoms with Crippen LogP contribution in [0.2, 0.25) is 0 Å². The second kappa shape index (κ2) is 12.0. The third-order valence-electron chi connectivity index (χ3n) is 2.24. The minimum atomic E-state index is -0.326. The fraction of sp³-hybridized carbons (Fsp3) is 0.800. The second-order valence-electron chi connectivity index (χ2n) is 5.33. The Bertz CT molecular complexity index is 250. The van der Waals surface area contributed by atoms with E-state index in [1.807, 2.05) is 13.8 Å². The highest BCUT2D eigenvalue weighted by Crippen LogP contribution is 1.98. The van der Waals surface area contributed by atoms with Crippen molar-refractivity contribution in [1.82, 2.24) is 5.32 Å². The molecule has 1 amide bonds. The molecule has 0 aliphatic heterocycles. The van der Waals surface area contributed by atoms with Crippen LogP contribution in [0.3, 0.4) is 0 Å². The topological polar surface area (TPSA) is 47.6 Å². The van der Waals surface area contributed by atoms with Crippen molar-refractivity contribution in [2.45, 2.75) is 53.0 Å². The lowest BCUT2D eigenvalue weighted by Crippen LogP contribution is -2.30. The van der Waals surface area contributed by atoms with Gasteiger partial charge in [0.25, 0.3) is 0 Å². The number of unbranched alkanes of at least 4 members (excludes halogenated alkanes) is 2. The summed E-state index contributed by atoms with van der Waals surface area (Å²) in [5.41, 5.74) is 0. The Morgan fingerprint density at radius 1 is 1.16 bits per heavy atom. The summed E-state index contributed by atoms with van der Waals surface area (Å²) in [5.74, 6) is 0.586. The summed E-state index contributed by atoms with van der Waals surface area (Å²) in [5, 5.41) is 2.69. The number of nitrogens with one attached hydrogen (secondary N) is 1. The largest absolute Gasteiger partial charge is 0.450 e. The standard InChI is InChI=1S/C15H29NO3/c1-13(2)12-18-10-8-6-5-7-9-11-19-15(17)16-14(3)4/h6,8,13-14H,5,7,9-12H2,1-4H3,(H,16,17)/b8-6+. The molecule has 19 heavy (non-hydrogen) atoms. The van der Waals surface area contributed by atoms with Gasteiger partial charge in [0.15, 0.2) is 0 Å². The first-order chi connectivity index (χ1) is 9.02. The number of rotatable bonds is 10. The molecular weight excluding hydrogens is 242 g/mol. The van der Waals surface area contributed by atoms with Gasteiger partial charge in [0.1, 0.15) is 0 Å². The van der Waals surface area contributed by atoms with Crippen LogP contribution in [0.15, 0.2) is 12.2 Å². The second-order valence-corrected chi connectivity index (χ2v) is 5.33. The van der Waals surface area contributed by atoms with Crippen molar-refractivity contribution in [2.24, 2.45) is 5.92 Å². The molecule has 4 nitrogen and oxygen atoms in total. The van der Waals surface area contributed by atoms with Crippen LogP contribution in [0.5, 0.6) is 0 Å². The highest BCUT2D eigenvalue weighted by molar-refractivity contribution is 5.67. The van der Waals surface area contributed by atoms with Gasteiger partial charge in [-0.25, -0.2) is 4.79 Å². The number of amides is 1. The molecule has 0 saturated carbocycles. The Hall–Kier alpha value is -1.03. The zero-order chi connectivity index (χ0) is 14.5. The quantitative estimate of drug-likeness (QED) is 0.488. The van der Waals surface area contributed by atoms with E-state index < -0.39 is 0 Å². The molecule has 0 atom stereocenters. The van der Waals surface area contributed by atoms with E-state index in [1.165, 1.54) is 0 Å². The van der Waals surface area contributed by atoms with E-state index in [2.05, 4.69) is 31.3 Å². The normalized spacial score (nSPS) is 11.5. The van der Waals surface area contributed by atoms with E-state index in [0.717, 1.165) is 25.9 Å². The molecule has 0 saturated heterocycles. The number of carbonyl (C=O) groups excluding carboxylic acids is 1. The fourth-order valence-electron chi connectivity index (χ4n) is 1.36. The van der Waals surface area contributed by atoms with Gasteiger partial charge < -0.3 is 14.8 Å². The number of hydrogen-bond donors (Lipinski definition) is 1. The molecule has 0 aliphatic carbocycles. The highest BCUT2D eigenvalue weighted by Gasteiger charge is 2.02. The maximum Gasteiger partial charge on any atom is 0.407 e. The smallest absolute Gasteiger partial charge is 0.407 e. The lowest BCUT2D eigenvalue weighted by molar-refractivity contribution is 0.134. The Morgan fingerprint density at radius 3 is 2.53 bits per heavy atom. The molecule has 1 N–H and O–H groups in total. The van der Waals surface area contributed by atoms with Crippen LogP contribution in [-0.4, -0.2) is 32.0 Å². The van der Waals surface area contributed by atoms with Crippen LogP contribution in [0.4, 0.5) is 4.79 Å². The Labute approximate surface area is 117 Å². The molecule has 4 heteroatoms. The Balaban J connectivity index is 3.26. The lowest BCUT2D eigenvalue weighted by atomic mass is 10.2. The summed E-state index contributed by atoms with van der Waals surface area (Å²) >= 11 is 0. The number of hydrogen-bond acceptors (Lipinski definition) is 3. The minimum Gasteiger partial charge on any atom is -0.450 e. The maximum atomic E-state index is 11.2. The molecule has 0 spiro atoms. The van der Waals surface area contributed by atoms with E-state index in [-0.39, 0.29) is 12.1 Å². The Morgan fingerprint density at radius 2 is 1.89 bits per heavy atom. The first-order valence-corrected chi connectivity index (χ1v) is 7.18. The summed E-state index contributed by atoms with van der Waals surface area (Å²) in [6.45, 7) is 10.1. The molecule has 0 bridgehead atoms. The van der Waals surface area contributed by atoms with Gasteiger partial charge in [0, 0.05) is 12.6 Å². The first kappa shape index (κ1) is 18.0. The van der Waals surface area contributed by atoms with Gasteiger partial charge in [-0.2, -0.15) is 0 Å². The average Bonchev–Trinajstić information content (AvgIpc) is 2.30. The van der Waals surface area contributed by atoms with Gasteiger partial charge in [-0.05, 0) is 39.0 Å². The van der Waals surface area contributed by atoms with E-state index >= 15 is 0 Å². The van der Waals surface area contributed by atoms with Crippen LogP contribution in [0.25, 0.3) is 0 Å². The summed E-state index contributed by atoms with van der Waals surface area (Å²) in [6.07, 6.45) is 6.76. The molecule has 0 rings (SSSR count). The molecule has 0 aliphatic rings. The molecule has 0 unspecified atom stereocenters. The SMILES string of the molecule is CC(C)COC/C=C/CCCCOC(=O)NC(C)C. The van der Waals surface area contributed by atoms with Crippen LogP contribution < -0.4 is 5.32 Å². The van der Waals surface area contributed by atoms with Crippen LogP contribution in [-0.2, 0) is 9.47 Å². The zero-order valence-corrected chi connectivity index (χ0v) is 12.8. The summed E-state index contributed by atoms with van der Waals surface area (Å²) < 4.78 is 10.5. The van der Waals surface area contributed by atoms with Gasteiger partial charge in [0.2, 0.25) is 0 Å². The predicted molar refractivity (Wildman–Crippen MR) is 78.3 cm³/mol. The molecule has 0 radical (unpaired) electrons. The zero-order valence-electron chi connectivity index (χ0n) is 12.8. The monoisotopic (exact) mass is 271 g/mol. The minimum absolute atomic E-state index is 0.126. The van der Waals surface area contributed by atoms with Crippen LogP contribution >= 0.6 is 0 Å². The average molecular weight is 271 g/mol. The Kier molecular flexibility index (Phi) is 11.4. The number of carbonyl (C=O) groups is 1. The molecule has 0 fully saturated rings. The maximum absolute atomic E-state index is 11.2. The van der Waals surface area contributed by atoms with Gasteiger partial charge in [-0.15, -0.1) is 0 Å². The van der Waals surface area contributed by atoms with Crippen molar-refractivity contribution < 1.29 is 14.3 Å². The van der Waals surface area contributed by atoms with Crippen molar-refractivity contribution in [3.63, 3.8) is 0 Å².